The van der Waals surface area contributed by atoms with E-state index in [1.165, 1.54) is 12.1 Å². The highest BCUT2D eigenvalue weighted by molar-refractivity contribution is 5.93. The maximum atomic E-state index is 13.7. The number of aromatic nitrogens is 2. The minimum Gasteiger partial charge on any atom is -0.348 e. The summed E-state index contributed by atoms with van der Waals surface area (Å²) >= 11 is 0. The highest BCUT2D eigenvalue weighted by Gasteiger charge is 2.14. The van der Waals surface area contributed by atoms with Crippen molar-refractivity contribution in [1.82, 2.24) is 15.3 Å². The molecule has 5 nitrogen and oxygen atoms in total. The number of anilines is 2. The van der Waals surface area contributed by atoms with E-state index in [2.05, 4.69) is 20.6 Å². The molecule has 1 amide bonds. The fourth-order valence-corrected chi connectivity index (χ4v) is 1.89. The number of halogens is 2. The van der Waals surface area contributed by atoms with E-state index < -0.39 is 11.6 Å². The molecule has 23 heavy (non-hydrogen) atoms. The van der Waals surface area contributed by atoms with E-state index in [0.717, 1.165) is 18.6 Å². The largest absolute Gasteiger partial charge is 0.348 e. The summed E-state index contributed by atoms with van der Waals surface area (Å²) < 4.78 is 27.4. The maximum absolute atomic E-state index is 13.7. The van der Waals surface area contributed by atoms with Crippen molar-refractivity contribution >= 4 is 17.4 Å². The zero-order chi connectivity index (χ0) is 17.0. The van der Waals surface area contributed by atoms with Gasteiger partial charge in [0.2, 0.25) is 0 Å². The smallest absolute Gasteiger partial charge is 0.270 e. The van der Waals surface area contributed by atoms with E-state index in [-0.39, 0.29) is 29.1 Å². The van der Waals surface area contributed by atoms with Gasteiger partial charge in [-0.1, -0.05) is 13.0 Å². The van der Waals surface area contributed by atoms with Gasteiger partial charge in [0.25, 0.3) is 5.91 Å². The Labute approximate surface area is 133 Å². The van der Waals surface area contributed by atoms with Gasteiger partial charge in [-0.05, 0) is 32.4 Å². The van der Waals surface area contributed by atoms with Crippen molar-refractivity contribution in [3.8, 4) is 0 Å². The van der Waals surface area contributed by atoms with Crippen molar-refractivity contribution in [2.75, 3.05) is 5.32 Å². The summed E-state index contributed by atoms with van der Waals surface area (Å²) in [5.74, 6) is -1.38. The Morgan fingerprint density at radius 1 is 1.26 bits per heavy atom. The standard InChI is InChI=1S/C16H18F2N4O/c1-4-9(2)19-16(23)13-8-14(21-10(3)20-13)22-15-11(17)6-5-7-12(15)18/h5-9H,4H2,1-3H3,(H,19,23)(H,20,21,22). The van der Waals surface area contributed by atoms with Crippen molar-refractivity contribution in [3.63, 3.8) is 0 Å². The monoisotopic (exact) mass is 320 g/mol. The average molecular weight is 320 g/mol. The molecule has 1 aromatic carbocycles. The second-order valence-electron chi connectivity index (χ2n) is 5.19. The van der Waals surface area contributed by atoms with Crippen molar-refractivity contribution in [3.05, 3.63) is 47.4 Å². The number of aryl methyl sites for hydroxylation is 1. The van der Waals surface area contributed by atoms with E-state index in [1.54, 1.807) is 6.92 Å². The Kier molecular flexibility index (Phi) is 5.20. The number of carbonyl (C=O) groups is 1. The van der Waals surface area contributed by atoms with Gasteiger partial charge in [0.05, 0.1) is 0 Å². The van der Waals surface area contributed by atoms with E-state index in [4.69, 9.17) is 0 Å². The molecule has 122 valence electrons. The molecule has 0 radical (unpaired) electrons. The van der Waals surface area contributed by atoms with E-state index in [9.17, 15) is 13.6 Å². The summed E-state index contributed by atoms with van der Waals surface area (Å²) in [7, 11) is 0. The average Bonchev–Trinajstić information content (AvgIpc) is 2.50. The third kappa shape index (κ3) is 4.21. The molecule has 0 saturated heterocycles. The Bertz CT molecular complexity index is 701. The molecule has 0 aliphatic carbocycles. The number of hydrogen-bond acceptors (Lipinski definition) is 4. The molecule has 0 aliphatic heterocycles. The molecule has 2 aromatic rings. The number of amides is 1. The lowest BCUT2D eigenvalue weighted by atomic mass is 10.2. The van der Waals surface area contributed by atoms with Crippen LogP contribution in [0.5, 0.6) is 0 Å². The number of benzene rings is 1. The topological polar surface area (TPSA) is 66.9 Å². The van der Waals surface area contributed by atoms with E-state index in [0.29, 0.717) is 5.82 Å². The first-order valence-electron chi connectivity index (χ1n) is 7.28. The molecule has 1 unspecified atom stereocenters. The second-order valence-corrected chi connectivity index (χ2v) is 5.19. The molecule has 0 fully saturated rings. The molecule has 7 heteroatoms. The van der Waals surface area contributed by atoms with Crippen LogP contribution >= 0.6 is 0 Å². The van der Waals surface area contributed by atoms with Crippen LogP contribution in [0.25, 0.3) is 0 Å². The van der Waals surface area contributed by atoms with Crippen molar-refractivity contribution in [2.45, 2.75) is 33.2 Å². The third-order valence-electron chi connectivity index (χ3n) is 3.28. The summed E-state index contributed by atoms with van der Waals surface area (Å²) in [5, 5.41) is 5.34. The van der Waals surface area contributed by atoms with Crippen LogP contribution in [0, 0.1) is 18.6 Å². The van der Waals surface area contributed by atoms with Crippen LogP contribution in [-0.2, 0) is 0 Å². The maximum Gasteiger partial charge on any atom is 0.270 e. The van der Waals surface area contributed by atoms with E-state index in [1.807, 2.05) is 13.8 Å². The van der Waals surface area contributed by atoms with E-state index >= 15 is 0 Å². The minimum absolute atomic E-state index is 0.00167. The summed E-state index contributed by atoms with van der Waals surface area (Å²) in [6.45, 7) is 5.42. The molecule has 1 aromatic heterocycles. The predicted molar refractivity (Wildman–Crippen MR) is 83.6 cm³/mol. The lowest BCUT2D eigenvalue weighted by Crippen LogP contribution is -2.32. The molecule has 0 spiro atoms. The van der Waals surface area contributed by atoms with Crippen LogP contribution in [0.2, 0.25) is 0 Å². The van der Waals surface area contributed by atoms with Gasteiger partial charge in [-0.3, -0.25) is 4.79 Å². The van der Waals surface area contributed by atoms with Gasteiger partial charge in [0.15, 0.2) is 0 Å². The van der Waals surface area contributed by atoms with Crippen LogP contribution in [0.4, 0.5) is 20.3 Å². The first-order valence-corrected chi connectivity index (χ1v) is 7.28. The van der Waals surface area contributed by atoms with Gasteiger partial charge < -0.3 is 10.6 Å². The van der Waals surface area contributed by atoms with Crippen LogP contribution in [0.1, 0.15) is 36.6 Å². The predicted octanol–water partition coefficient (Wildman–Crippen LogP) is 3.34. The van der Waals surface area contributed by atoms with Crippen LogP contribution < -0.4 is 10.6 Å². The quantitative estimate of drug-likeness (QED) is 0.887. The number of para-hydroxylation sites is 1. The summed E-state index contributed by atoms with van der Waals surface area (Å²) in [4.78, 5) is 20.2. The molecule has 0 aliphatic rings. The number of carbonyl (C=O) groups excluding carboxylic acids is 1. The molecule has 2 rings (SSSR count). The molecule has 0 saturated carbocycles. The van der Waals surface area contributed by atoms with Crippen molar-refractivity contribution in [1.29, 1.82) is 0 Å². The van der Waals surface area contributed by atoms with Crippen molar-refractivity contribution in [2.24, 2.45) is 0 Å². The fourth-order valence-electron chi connectivity index (χ4n) is 1.89. The van der Waals surface area contributed by atoms with Gasteiger partial charge in [-0.25, -0.2) is 18.7 Å². The molecular formula is C16H18F2N4O. The number of nitrogens with zero attached hydrogens (tertiary/aromatic N) is 2. The SMILES string of the molecule is CCC(C)NC(=O)c1cc(Nc2c(F)cccc2F)nc(C)n1. The normalized spacial score (nSPS) is 11.9. The Morgan fingerprint density at radius 3 is 2.52 bits per heavy atom. The molecule has 1 atom stereocenters. The first kappa shape index (κ1) is 16.8. The fraction of sp³-hybridized carbons (Fsp3) is 0.312. The summed E-state index contributed by atoms with van der Waals surface area (Å²) in [6, 6.07) is 4.90. The molecule has 2 N–H and O–H groups in total. The lowest BCUT2D eigenvalue weighted by Gasteiger charge is -2.13. The molecule has 0 bridgehead atoms. The Morgan fingerprint density at radius 2 is 1.91 bits per heavy atom. The lowest BCUT2D eigenvalue weighted by molar-refractivity contribution is 0.0934. The van der Waals surface area contributed by atoms with Gasteiger partial charge in [-0.15, -0.1) is 0 Å². The summed E-state index contributed by atoms with van der Waals surface area (Å²) in [5.41, 5.74) is -0.184. The second kappa shape index (κ2) is 7.13. The first-order chi connectivity index (χ1) is 10.9. The Hall–Kier alpha value is -2.57. The number of nitrogens with one attached hydrogen (secondary N) is 2. The number of rotatable bonds is 5. The highest BCUT2D eigenvalue weighted by Crippen LogP contribution is 2.22. The van der Waals surface area contributed by atoms with Gasteiger partial charge >= 0.3 is 0 Å². The zero-order valence-corrected chi connectivity index (χ0v) is 13.2. The minimum atomic E-state index is -0.744. The van der Waals surface area contributed by atoms with Gasteiger partial charge in [0.1, 0.15) is 34.7 Å². The third-order valence-corrected chi connectivity index (χ3v) is 3.28. The summed E-state index contributed by atoms with van der Waals surface area (Å²) in [6.07, 6.45) is 0.779. The van der Waals surface area contributed by atoms with Crippen molar-refractivity contribution < 1.29 is 13.6 Å². The molecular weight excluding hydrogens is 302 g/mol. The van der Waals surface area contributed by atoms with Gasteiger partial charge in [0, 0.05) is 12.1 Å². The highest BCUT2D eigenvalue weighted by atomic mass is 19.1. The van der Waals surface area contributed by atoms with Crippen LogP contribution in [-0.4, -0.2) is 21.9 Å². The molecule has 1 heterocycles. The van der Waals surface area contributed by atoms with Gasteiger partial charge in [-0.2, -0.15) is 0 Å². The van der Waals surface area contributed by atoms with Crippen LogP contribution in [0.15, 0.2) is 24.3 Å². The van der Waals surface area contributed by atoms with Crippen LogP contribution in [0.3, 0.4) is 0 Å². The Balaban J connectivity index is 2.29. The zero-order valence-electron chi connectivity index (χ0n) is 13.2. The number of hydrogen-bond donors (Lipinski definition) is 2.